The van der Waals surface area contributed by atoms with Crippen LogP contribution in [0.3, 0.4) is 0 Å². The number of hydrogen-bond acceptors (Lipinski definition) is 3. The monoisotopic (exact) mass is 423 g/mol. The summed E-state index contributed by atoms with van der Waals surface area (Å²) in [6.07, 6.45) is 6.19. The minimum Gasteiger partial charge on any atom is -0.299 e. The third kappa shape index (κ3) is 6.67. The second-order valence-electron chi connectivity index (χ2n) is 7.18. The second kappa shape index (κ2) is 12.1. The average Bonchev–Trinajstić information content (AvgIpc) is 2.73. The van der Waals surface area contributed by atoms with E-state index in [2.05, 4.69) is 23.8 Å². The molecule has 0 radical (unpaired) electrons. The molecular weight excluding hydrogens is 394 g/mol. The predicted molar refractivity (Wildman–Crippen MR) is 127 cm³/mol. The van der Waals surface area contributed by atoms with Crippen molar-refractivity contribution in [2.75, 3.05) is 0 Å². The van der Waals surface area contributed by atoms with Gasteiger partial charge in [-0.15, -0.1) is 0 Å². The Morgan fingerprint density at radius 2 is 1.73 bits per heavy atom. The first kappa shape index (κ1) is 23.6. The summed E-state index contributed by atoms with van der Waals surface area (Å²) in [5, 5.41) is 1.08. The summed E-state index contributed by atoms with van der Waals surface area (Å²) in [5.74, 6) is 0. The van der Waals surface area contributed by atoms with Gasteiger partial charge >= 0.3 is 0 Å². The van der Waals surface area contributed by atoms with Crippen LogP contribution in [0.15, 0.2) is 65.8 Å². The van der Waals surface area contributed by atoms with Gasteiger partial charge in [-0.3, -0.25) is 9.36 Å². The molecule has 4 nitrogen and oxygen atoms in total. The number of aromatic nitrogens is 3. The zero-order valence-electron chi connectivity index (χ0n) is 18.2. The number of nitrogens with zero attached hydrogens (tertiary/aromatic N) is 3. The van der Waals surface area contributed by atoms with E-state index in [0.29, 0.717) is 29.0 Å². The van der Waals surface area contributed by atoms with E-state index in [9.17, 15) is 4.79 Å². The lowest BCUT2D eigenvalue weighted by Crippen LogP contribution is -2.20. The molecule has 0 N–H and O–H groups in total. The largest absolute Gasteiger partial charge is 0.299 e. The molecule has 2 aromatic heterocycles. The Morgan fingerprint density at radius 3 is 2.40 bits per heavy atom. The molecule has 0 spiro atoms. The number of fused-ring (bicyclic) bond motifs is 1. The van der Waals surface area contributed by atoms with Crippen LogP contribution in [0.25, 0.3) is 10.9 Å². The standard InChI is InChI=1S/C22H22ClN3O.C3H8/c1-3-11-26-15-25-20-8-6-4-5-7-16(2)18(13-19(20)22(26)27)12-17-9-10-21(23)24-14-17;1-3-2/h4-10,13-15H,3,11-12H2,1-2H3;3H2,1-2H3. The first-order valence-electron chi connectivity index (χ1n) is 10.4. The molecule has 1 aromatic carbocycles. The van der Waals surface area contributed by atoms with Crippen molar-refractivity contribution in [2.45, 2.75) is 53.5 Å². The molecule has 0 saturated carbocycles. The topological polar surface area (TPSA) is 47.8 Å². The van der Waals surface area contributed by atoms with Gasteiger partial charge in [-0.2, -0.15) is 0 Å². The van der Waals surface area contributed by atoms with Crippen LogP contribution in [0.4, 0.5) is 0 Å². The summed E-state index contributed by atoms with van der Waals surface area (Å²) in [5.41, 5.74) is 3.84. The molecule has 0 bridgehead atoms. The Hall–Kier alpha value is -2.72. The zero-order valence-corrected chi connectivity index (χ0v) is 19.0. The fourth-order valence-corrected chi connectivity index (χ4v) is 3.03. The number of rotatable bonds is 4. The Bertz CT molecular complexity index is 1070. The normalized spacial score (nSPS) is 10.2. The quantitative estimate of drug-likeness (QED) is 0.463. The molecule has 0 fully saturated rings. The molecule has 0 saturated heterocycles. The molecule has 3 aromatic rings. The lowest BCUT2D eigenvalue weighted by Gasteiger charge is -2.07. The Morgan fingerprint density at radius 1 is 1.00 bits per heavy atom. The van der Waals surface area contributed by atoms with Crippen molar-refractivity contribution in [1.29, 1.82) is 0 Å². The van der Waals surface area contributed by atoms with Gasteiger partial charge < -0.3 is 0 Å². The van der Waals surface area contributed by atoms with Crippen molar-refractivity contribution in [3.05, 3.63) is 93.3 Å². The molecular formula is C25H30ClN3O. The Labute approximate surface area is 183 Å². The Balaban J connectivity index is 0.00000101. The molecule has 0 atom stereocenters. The average molecular weight is 424 g/mol. The highest BCUT2D eigenvalue weighted by molar-refractivity contribution is 6.29. The number of aryl methyl sites for hydroxylation is 2. The van der Waals surface area contributed by atoms with Crippen molar-refractivity contribution >= 4 is 22.5 Å². The number of hydrogen-bond donors (Lipinski definition) is 0. The van der Waals surface area contributed by atoms with E-state index in [4.69, 9.17) is 11.6 Å². The van der Waals surface area contributed by atoms with Crippen LogP contribution in [0.1, 0.15) is 50.3 Å². The van der Waals surface area contributed by atoms with E-state index in [-0.39, 0.29) is 5.56 Å². The van der Waals surface area contributed by atoms with Crippen LogP contribution in [0.5, 0.6) is 0 Å². The zero-order chi connectivity index (χ0) is 21.9. The Kier molecular flexibility index (Phi) is 9.49. The number of halogens is 1. The van der Waals surface area contributed by atoms with Gasteiger partial charge in [0.25, 0.3) is 5.56 Å². The van der Waals surface area contributed by atoms with Crippen molar-refractivity contribution in [3.8, 4) is 0 Å². The van der Waals surface area contributed by atoms with Crippen LogP contribution in [0.2, 0.25) is 5.15 Å². The summed E-state index contributed by atoms with van der Waals surface area (Å²) in [4.78, 5) is 21.7. The summed E-state index contributed by atoms with van der Waals surface area (Å²) < 4.78 is 1.67. The summed E-state index contributed by atoms with van der Waals surface area (Å²) in [6.45, 7) is 9.00. The van der Waals surface area contributed by atoms with E-state index in [1.165, 1.54) is 6.42 Å². The predicted octanol–water partition coefficient (Wildman–Crippen LogP) is 6.29. The van der Waals surface area contributed by atoms with Gasteiger partial charge in [0.15, 0.2) is 0 Å². The molecule has 0 unspecified atom stereocenters. The van der Waals surface area contributed by atoms with Gasteiger partial charge in [-0.05, 0) is 54.7 Å². The third-order valence-corrected chi connectivity index (χ3v) is 4.62. The maximum Gasteiger partial charge on any atom is 0.261 e. The summed E-state index contributed by atoms with van der Waals surface area (Å²) in [7, 11) is 0. The van der Waals surface area contributed by atoms with E-state index < -0.39 is 0 Å². The fraction of sp³-hybridized carbons (Fsp3) is 0.320. The van der Waals surface area contributed by atoms with Crippen molar-refractivity contribution in [3.63, 3.8) is 0 Å². The molecule has 5 heteroatoms. The number of pyridine rings is 1. The van der Waals surface area contributed by atoms with Crippen LogP contribution in [-0.2, 0) is 13.0 Å². The fourth-order valence-electron chi connectivity index (χ4n) is 2.91. The van der Waals surface area contributed by atoms with Crippen molar-refractivity contribution < 1.29 is 0 Å². The smallest absolute Gasteiger partial charge is 0.261 e. The molecule has 0 aliphatic heterocycles. The van der Waals surface area contributed by atoms with Gasteiger partial charge in [0.2, 0.25) is 0 Å². The first-order valence-corrected chi connectivity index (χ1v) is 10.8. The van der Waals surface area contributed by atoms with Crippen LogP contribution in [-0.4, -0.2) is 14.5 Å². The molecule has 158 valence electrons. The second-order valence-corrected chi connectivity index (χ2v) is 7.57. The van der Waals surface area contributed by atoms with Gasteiger partial charge in [0, 0.05) is 12.7 Å². The van der Waals surface area contributed by atoms with Gasteiger partial charge in [0.1, 0.15) is 5.15 Å². The van der Waals surface area contributed by atoms with E-state index in [0.717, 1.165) is 23.1 Å². The minimum absolute atomic E-state index is 0.0180. The highest BCUT2D eigenvalue weighted by Gasteiger charge is 2.05. The van der Waals surface area contributed by atoms with E-state index in [1.807, 2.05) is 56.3 Å². The van der Waals surface area contributed by atoms with E-state index in [1.54, 1.807) is 23.2 Å². The highest BCUT2D eigenvalue weighted by Crippen LogP contribution is 2.15. The molecule has 30 heavy (non-hydrogen) atoms. The minimum atomic E-state index is -0.0180. The maximum absolute atomic E-state index is 13.0. The molecule has 0 aliphatic carbocycles. The molecule has 0 aliphatic rings. The van der Waals surface area contributed by atoms with Crippen LogP contribution < -0.4 is 5.56 Å². The van der Waals surface area contributed by atoms with Gasteiger partial charge in [-0.1, -0.05) is 69.1 Å². The van der Waals surface area contributed by atoms with Crippen molar-refractivity contribution in [1.82, 2.24) is 14.5 Å². The van der Waals surface area contributed by atoms with E-state index >= 15 is 0 Å². The molecule has 3 rings (SSSR count). The lowest BCUT2D eigenvalue weighted by molar-refractivity contribution is 0.648. The first-order chi connectivity index (χ1) is 14.5. The molecule has 0 amide bonds. The van der Waals surface area contributed by atoms with Gasteiger partial charge in [0.05, 0.1) is 17.2 Å². The molecule has 2 heterocycles. The highest BCUT2D eigenvalue weighted by atomic mass is 35.5. The summed E-state index contributed by atoms with van der Waals surface area (Å²) >= 11 is 5.90. The summed E-state index contributed by atoms with van der Waals surface area (Å²) in [6, 6.07) is 15.5. The van der Waals surface area contributed by atoms with Crippen LogP contribution in [0, 0.1) is 6.92 Å². The van der Waals surface area contributed by atoms with Crippen molar-refractivity contribution in [2.24, 2.45) is 0 Å². The van der Waals surface area contributed by atoms with Crippen LogP contribution >= 0.6 is 11.6 Å². The maximum atomic E-state index is 13.0. The van der Waals surface area contributed by atoms with Gasteiger partial charge in [-0.25, -0.2) is 9.97 Å². The third-order valence-electron chi connectivity index (χ3n) is 4.40. The lowest BCUT2D eigenvalue weighted by atomic mass is 10.0. The SMILES string of the molecule is CCC.CCCn1cnc2cccccc(C)c(Cc3ccc(Cl)nc3)cc2c1=O.